The number of hydrogen-bond donors (Lipinski definition) is 0. The first-order valence-corrected chi connectivity index (χ1v) is 26.7. The average molecular weight is 991 g/mol. The number of para-hydroxylation sites is 6. The Balaban J connectivity index is 1.40. The molecular formula is C54H33N12O3P3. The van der Waals surface area contributed by atoms with Gasteiger partial charge in [0.2, 0.25) is 0 Å². The number of anilines is 6. The summed E-state index contributed by atoms with van der Waals surface area (Å²) >= 11 is 0. The van der Waals surface area contributed by atoms with Gasteiger partial charge in [-0.1, -0.05) is 109 Å². The van der Waals surface area contributed by atoms with E-state index in [4.69, 9.17) is 0 Å². The molecule has 342 valence electrons. The second kappa shape index (κ2) is 18.3. The van der Waals surface area contributed by atoms with Gasteiger partial charge in [0.25, 0.3) is 0 Å². The minimum absolute atomic E-state index is 0.207. The van der Waals surface area contributed by atoms with Gasteiger partial charge in [0, 0.05) is 0 Å². The molecule has 0 bridgehead atoms. The Kier molecular flexibility index (Phi) is 11.7. The smallest absolute Gasteiger partial charge is 0.269 e. The minimum atomic E-state index is -4.84. The highest BCUT2D eigenvalue weighted by molar-refractivity contribution is 7.78. The molecule has 3 aliphatic heterocycles. The molecule has 18 heteroatoms. The van der Waals surface area contributed by atoms with Gasteiger partial charge in [-0.25, -0.2) is 0 Å². The van der Waals surface area contributed by atoms with E-state index in [-0.39, 0.29) is 84.2 Å². The Labute approximate surface area is 414 Å². The summed E-state index contributed by atoms with van der Waals surface area (Å²) in [6.07, 6.45) is 0. The quantitative estimate of drug-likeness (QED) is 0.123. The summed E-state index contributed by atoms with van der Waals surface area (Å²) in [7, 11) is -14.5. The maximum absolute atomic E-state index is 17.5. The first kappa shape index (κ1) is 45.9. The van der Waals surface area contributed by atoms with Crippen molar-refractivity contribution in [2.45, 2.75) is 0 Å². The Morgan fingerprint density at radius 2 is 0.389 bits per heavy atom. The molecule has 0 fully saturated rings. The molecule has 0 atom stereocenters. The molecule has 10 rings (SSSR count). The van der Waals surface area contributed by atoms with Crippen molar-refractivity contribution in [3.05, 3.63) is 234 Å². The summed E-state index contributed by atoms with van der Waals surface area (Å²) in [4.78, 5) is 0. The Morgan fingerprint density at radius 1 is 0.250 bits per heavy atom. The van der Waals surface area contributed by atoms with Gasteiger partial charge in [-0.3, -0.25) is 41.7 Å². The summed E-state index contributed by atoms with van der Waals surface area (Å²) in [6, 6.07) is 66.7. The van der Waals surface area contributed by atoms with Gasteiger partial charge >= 0.3 is 22.3 Å². The molecule has 3 aliphatic rings. The number of hydrogen-bond acceptors (Lipinski definition) is 9. The molecule has 7 aromatic carbocycles. The number of benzene rings is 7. The molecule has 0 unspecified atom stereocenters. The van der Waals surface area contributed by atoms with Gasteiger partial charge in [-0.05, 0) is 91.0 Å². The molecule has 0 amide bonds. The molecule has 0 radical (unpaired) electrons. The number of nitriles is 6. The van der Waals surface area contributed by atoms with Gasteiger partial charge in [0.1, 0.15) is 36.4 Å². The zero-order valence-electron chi connectivity index (χ0n) is 37.5. The van der Waals surface area contributed by atoms with Gasteiger partial charge < -0.3 is 0 Å². The van der Waals surface area contributed by atoms with Crippen molar-refractivity contribution in [2.75, 3.05) is 28.0 Å². The maximum Gasteiger partial charge on any atom is 0.302 e. The van der Waals surface area contributed by atoms with Crippen LogP contribution in [0.25, 0.3) is 0 Å². The SMILES string of the molecule is N#CC1=C(C#N)N(c2ccccc2)P(=O)(c2cc(P3(=O)N(c4ccccc4)C(C#N)=C(C#N)N3c3ccccc3)cc(P3(=O)N(c4ccccc4)C(C#N)=C(C#N)N3c3ccccc3)c2)N1c1ccccc1. The van der Waals surface area contributed by atoms with Gasteiger partial charge in [0.15, 0.2) is 34.2 Å². The van der Waals surface area contributed by atoms with Crippen molar-refractivity contribution in [1.82, 2.24) is 0 Å². The first-order valence-electron chi connectivity index (χ1n) is 21.9. The molecule has 0 aromatic heterocycles. The van der Waals surface area contributed by atoms with Gasteiger partial charge in [-0.2, -0.15) is 31.6 Å². The fourth-order valence-electron chi connectivity index (χ4n) is 9.19. The van der Waals surface area contributed by atoms with E-state index in [1.54, 1.807) is 182 Å². The van der Waals surface area contributed by atoms with Crippen LogP contribution in [0.4, 0.5) is 34.1 Å². The summed E-state index contributed by atoms with van der Waals surface area (Å²) in [5, 5.41) is 65.7. The minimum Gasteiger partial charge on any atom is -0.269 e. The highest BCUT2D eigenvalue weighted by Crippen LogP contribution is 2.69. The third-order valence-corrected chi connectivity index (χ3v) is 20.7. The standard InChI is InChI=1S/C54H33N12O3P3/c55-34-49-50(35-56)62(41-21-9-2-10-22-41)70(67,61(49)40-19-7-1-8-20-40)46-31-47(71(68)63(42-23-11-3-12-24-42)51(36-57)52(37-58)64(71)43-25-13-4-14-26-43)33-48(32-46)72(69)65(44-27-15-5-16-28-44)53(38-59)54(39-60)66(72)45-29-17-6-18-30-45/h1-33H. The van der Waals surface area contributed by atoms with Crippen LogP contribution < -0.4 is 43.9 Å². The van der Waals surface area contributed by atoms with Crippen LogP contribution in [-0.4, -0.2) is 0 Å². The molecule has 3 heterocycles. The van der Waals surface area contributed by atoms with Crippen molar-refractivity contribution in [1.29, 1.82) is 31.6 Å². The van der Waals surface area contributed by atoms with Crippen LogP contribution in [0.15, 0.2) is 234 Å². The highest BCUT2D eigenvalue weighted by atomic mass is 31.2. The molecule has 0 spiro atoms. The summed E-state index contributed by atoms with van der Waals surface area (Å²) in [5.41, 5.74) is -0.409. The first-order chi connectivity index (χ1) is 35.1. The lowest BCUT2D eigenvalue weighted by Gasteiger charge is -2.38. The van der Waals surface area contributed by atoms with Crippen LogP contribution in [-0.2, 0) is 13.7 Å². The second-order valence-corrected chi connectivity index (χ2v) is 23.2. The lowest BCUT2D eigenvalue weighted by Crippen LogP contribution is -2.38. The fourth-order valence-corrected chi connectivity index (χ4v) is 18.4. The van der Waals surface area contributed by atoms with Crippen molar-refractivity contribution in [2.24, 2.45) is 0 Å². The van der Waals surface area contributed by atoms with Crippen LogP contribution in [0, 0.1) is 68.0 Å². The van der Waals surface area contributed by atoms with Crippen LogP contribution in [0.5, 0.6) is 0 Å². The lowest BCUT2D eigenvalue weighted by molar-refractivity contribution is 0.581. The number of rotatable bonds is 9. The lowest BCUT2D eigenvalue weighted by atomic mass is 10.2. The normalized spacial score (nSPS) is 16.4. The summed E-state index contributed by atoms with van der Waals surface area (Å²) in [6.45, 7) is 0. The number of nitrogens with zero attached hydrogens (tertiary/aromatic N) is 12. The largest absolute Gasteiger partial charge is 0.302 e. The molecule has 72 heavy (non-hydrogen) atoms. The molecule has 0 aliphatic carbocycles. The van der Waals surface area contributed by atoms with E-state index in [0.29, 0.717) is 0 Å². The predicted molar refractivity (Wildman–Crippen MR) is 276 cm³/mol. The van der Waals surface area contributed by atoms with Crippen molar-refractivity contribution < 1.29 is 13.7 Å². The Hall–Kier alpha value is -9.81. The van der Waals surface area contributed by atoms with E-state index >= 15 is 13.7 Å². The molecule has 15 nitrogen and oxygen atoms in total. The molecule has 0 saturated heterocycles. The third-order valence-electron chi connectivity index (χ3n) is 12.1. The van der Waals surface area contributed by atoms with Crippen molar-refractivity contribution in [3.8, 4) is 36.4 Å². The van der Waals surface area contributed by atoms with Crippen LogP contribution in [0.3, 0.4) is 0 Å². The topological polar surface area (TPSA) is 213 Å². The van der Waals surface area contributed by atoms with E-state index < -0.39 is 22.3 Å². The van der Waals surface area contributed by atoms with Crippen LogP contribution in [0.2, 0.25) is 0 Å². The van der Waals surface area contributed by atoms with Crippen molar-refractivity contribution >= 4 is 72.4 Å². The van der Waals surface area contributed by atoms with Crippen LogP contribution >= 0.6 is 22.3 Å². The maximum atomic E-state index is 17.5. The molecular weight excluding hydrogens is 958 g/mol. The monoisotopic (exact) mass is 990 g/mol. The predicted octanol–water partition coefficient (Wildman–Crippen LogP) is 11.0. The summed E-state index contributed by atoms with van der Waals surface area (Å²) < 4.78 is 60.0. The number of allylic oxidation sites excluding steroid dienone is 6. The third kappa shape index (κ3) is 6.79. The van der Waals surface area contributed by atoms with Crippen molar-refractivity contribution in [3.63, 3.8) is 0 Å². The average Bonchev–Trinajstić information content (AvgIpc) is 3.99. The Morgan fingerprint density at radius 3 is 0.514 bits per heavy atom. The van der Waals surface area contributed by atoms with E-state index in [2.05, 4.69) is 36.4 Å². The van der Waals surface area contributed by atoms with E-state index in [1.807, 2.05) is 0 Å². The zero-order chi connectivity index (χ0) is 50.2. The van der Waals surface area contributed by atoms with E-state index in [0.717, 1.165) is 0 Å². The Bertz CT molecular complexity index is 3230. The van der Waals surface area contributed by atoms with Gasteiger partial charge in [0.05, 0.1) is 50.0 Å². The van der Waals surface area contributed by atoms with Gasteiger partial charge in [-0.15, -0.1) is 0 Å². The van der Waals surface area contributed by atoms with E-state index in [9.17, 15) is 31.6 Å². The van der Waals surface area contributed by atoms with E-state index in [1.165, 1.54) is 46.2 Å². The second-order valence-electron chi connectivity index (χ2n) is 16.0. The summed E-state index contributed by atoms with van der Waals surface area (Å²) in [5.74, 6) is 0. The zero-order valence-corrected chi connectivity index (χ0v) is 40.2. The molecule has 0 saturated carbocycles. The van der Waals surface area contributed by atoms with Crippen LogP contribution in [0.1, 0.15) is 0 Å². The molecule has 7 aromatic rings. The highest BCUT2D eigenvalue weighted by Gasteiger charge is 2.58. The molecule has 0 N–H and O–H groups in total. The fraction of sp³-hybridized carbons (Fsp3) is 0.